The van der Waals surface area contributed by atoms with E-state index in [0.29, 0.717) is 24.7 Å². The van der Waals surface area contributed by atoms with Crippen LogP contribution in [-0.4, -0.2) is 27.9 Å². The van der Waals surface area contributed by atoms with Gasteiger partial charge in [0.2, 0.25) is 11.7 Å². The molecule has 5 heteroatoms. The maximum Gasteiger partial charge on any atom is 0.244 e. The summed E-state index contributed by atoms with van der Waals surface area (Å²) in [5.41, 5.74) is 2.14. The summed E-state index contributed by atoms with van der Waals surface area (Å²) in [4.78, 5) is 4.38. The lowest BCUT2D eigenvalue weighted by Crippen LogP contribution is -2.15. The van der Waals surface area contributed by atoms with E-state index in [4.69, 9.17) is 4.52 Å². The first-order chi connectivity index (χ1) is 8.72. The topological polar surface area (TPSA) is 71.2 Å². The first-order valence-electron chi connectivity index (χ1n) is 6.04. The van der Waals surface area contributed by atoms with Crippen LogP contribution in [0.25, 0.3) is 11.4 Å². The van der Waals surface area contributed by atoms with Crippen molar-refractivity contribution in [2.75, 3.05) is 6.54 Å². The molecule has 5 nitrogen and oxygen atoms in total. The predicted octanol–water partition coefficient (Wildman–Crippen LogP) is 1.44. The van der Waals surface area contributed by atoms with Gasteiger partial charge in [0, 0.05) is 12.1 Å². The Morgan fingerprint density at radius 1 is 1.33 bits per heavy atom. The molecule has 0 saturated carbocycles. The molecule has 1 aliphatic heterocycles. The van der Waals surface area contributed by atoms with Crippen LogP contribution in [0.2, 0.25) is 0 Å². The van der Waals surface area contributed by atoms with Crippen molar-refractivity contribution in [3.8, 4) is 11.4 Å². The van der Waals surface area contributed by atoms with Gasteiger partial charge in [0.15, 0.2) is 0 Å². The van der Waals surface area contributed by atoms with Gasteiger partial charge in [-0.25, -0.2) is 0 Å². The Hall–Kier alpha value is -1.72. The fourth-order valence-corrected chi connectivity index (χ4v) is 2.10. The maximum atomic E-state index is 9.46. The number of aryl methyl sites for hydroxylation is 1. The van der Waals surface area contributed by atoms with Crippen molar-refractivity contribution < 1.29 is 9.63 Å². The molecule has 0 bridgehead atoms. The fraction of sp³-hybridized carbons (Fsp3) is 0.385. The molecule has 1 fully saturated rings. The summed E-state index contributed by atoms with van der Waals surface area (Å²) in [6, 6.07) is 7.94. The Bertz CT molecular complexity index is 535. The quantitative estimate of drug-likeness (QED) is 0.837. The first-order valence-corrected chi connectivity index (χ1v) is 6.04. The summed E-state index contributed by atoms with van der Waals surface area (Å²) in [5, 5.41) is 16.6. The number of aliphatic hydroxyl groups is 1. The summed E-state index contributed by atoms with van der Waals surface area (Å²) in [7, 11) is 0. The third-order valence-corrected chi connectivity index (χ3v) is 3.16. The number of hydrogen-bond acceptors (Lipinski definition) is 5. The monoisotopic (exact) mass is 245 g/mol. The fourth-order valence-electron chi connectivity index (χ4n) is 2.10. The molecule has 0 aliphatic carbocycles. The third-order valence-electron chi connectivity index (χ3n) is 3.16. The lowest BCUT2D eigenvalue weighted by molar-refractivity contribution is 0.191. The molecule has 1 aliphatic rings. The molecule has 1 aromatic heterocycles. The van der Waals surface area contributed by atoms with E-state index in [1.807, 2.05) is 31.2 Å². The third kappa shape index (κ3) is 2.14. The summed E-state index contributed by atoms with van der Waals surface area (Å²) >= 11 is 0. The highest BCUT2D eigenvalue weighted by molar-refractivity contribution is 5.54. The van der Waals surface area contributed by atoms with Crippen LogP contribution < -0.4 is 5.32 Å². The molecule has 18 heavy (non-hydrogen) atoms. The van der Waals surface area contributed by atoms with Gasteiger partial charge in [0.05, 0.1) is 12.1 Å². The van der Waals surface area contributed by atoms with Crippen molar-refractivity contribution in [2.45, 2.75) is 25.5 Å². The largest absolute Gasteiger partial charge is 0.392 e. The summed E-state index contributed by atoms with van der Waals surface area (Å²) in [6.07, 6.45) is 0.292. The lowest BCUT2D eigenvalue weighted by atomic mass is 10.1. The van der Waals surface area contributed by atoms with Crippen LogP contribution in [0, 0.1) is 6.92 Å². The predicted molar refractivity (Wildman–Crippen MR) is 65.8 cm³/mol. The van der Waals surface area contributed by atoms with Crippen LogP contribution in [-0.2, 0) is 0 Å². The molecule has 0 amide bonds. The molecule has 94 valence electrons. The maximum absolute atomic E-state index is 9.46. The highest BCUT2D eigenvalue weighted by Gasteiger charge is 2.28. The van der Waals surface area contributed by atoms with Crippen LogP contribution in [0.1, 0.15) is 23.9 Å². The van der Waals surface area contributed by atoms with Crippen LogP contribution in [0.4, 0.5) is 0 Å². The Morgan fingerprint density at radius 3 is 2.78 bits per heavy atom. The smallest absolute Gasteiger partial charge is 0.244 e. The van der Waals surface area contributed by atoms with E-state index in [2.05, 4.69) is 15.5 Å². The minimum Gasteiger partial charge on any atom is -0.392 e. The van der Waals surface area contributed by atoms with Crippen molar-refractivity contribution in [3.63, 3.8) is 0 Å². The average Bonchev–Trinajstić information content (AvgIpc) is 2.98. The standard InChI is InChI=1S/C13H15N3O2/c1-8-2-4-9(5-3-8)12-15-13(18-16-12)11-6-10(17)7-14-11/h2-5,10-11,14,17H,6-7H2,1H3/t10-,11-/m1/s1. The van der Waals surface area contributed by atoms with E-state index in [-0.39, 0.29) is 12.1 Å². The Balaban J connectivity index is 1.83. The van der Waals surface area contributed by atoms with E-state index in [9.17, 15) is 5.11 Å². The first kappa shape index (κ1) is 11.4. The van der Waals surface area contributed by atoms with Gasteiger partial charge < -0.3 is 14.9 Å². The minimum atomic E-state index is -0.329. The second-order valence-corrected chi connectivity index (χ2v) is 4.67. The van der Waals surface area contributed by atoms with Crippen molar-refractivity contribution >= 4 is 0 Å². The zero-order valence-electron chi connectivity index (χ0n) is 10.1. The second kappa shape index (κ2) is 4.51. The molecule has 2 aromatic rings. The van der Waals surface area contributed by atoms with Gasteiger partial charge in [0.1, 0.15) is 0 Å². The molecule has 0 spiro atoms. The number of rotatable bonds is 2. The minimum absolute atomic E-state index is 0.0355. The SMILES string of the molecule is Cc1ccc(-c2noc([C@H]3C[C@@H](O)CN3)n2)cc1. The molecule has 2 atom stereocenters. The average molecular weight is 245 g/mol. The molecular weight excluding hydrogens is 230 g/mol. The molecule has 1 saturated heterocycles. The van der Waals surface area contributed by atoms with Crippen molar-refractivity contribution in [3.05, 3.63) is 35.7 Å². The molecular formula is C13H15N3O2. The summed E-state index contributed by atoms with van der Waals surface area (Å²) < 4.78 is 5.25. The Labute approximate surface area is 105 Å². The lowest BCUT2D eigenvalue weighted by Gasteiger charge is -2.01. The van der Waals surface area contributed by atoms with E-state index >= 15 is 0 Å². The zero-order chi connectivity index (χ0) is 12.5. The van der Waals surface area contributed by atoms with Crippen LogP contribution in [0.5, 0.6) is 0 Å². The molecule has 3 rings (SSSR count). The van der Waals surface area contributed by atoms with E-state index in [0.717, 1.165) is 5.56 Å². The van der Waals surface area contributed by atoms with Gasteiger partial charge in [-0.05, 0) is 13.3 Å². The number of aliphatic hydroxyl groups excluding tert-OH is 1. The van der Waals surface area contributed by atoms with Gasteiger partial charge in [-0.1, -0.05) is 35.0 Å². The Morgan fingerprint density at radius 2 is 2.11 bits per heavy atom. The van der Waals surface area contributed by atoms with E-state index in [1.54, 1.807) is 0 Å². The van der Waals surface area contributed by atoms with Gasteiger partial charge in [-0.15, -0.1) is 0 Å². The molecule has 1 aromatic carbocycles. The van der Waals surface area contributed by atoms with Gasteiger partial charge >= 0.3 is 0 Å². The van der Waals surface area contributed by atoms with E-state index in [1.165, 1.54) is 5.56 Å². The van der Waals surface area contributed by atoms with Gasteiger partial charge in [-0.3, -0.25) is 0 Å². The van der Waals surface area contributed by atoms with Crippen LogP contribution in [0.3, 0.4) is 0 Å². The number of nitrogens with one attached hydrogen (secondary N) is 1. The molecule has 0 radical (unpaired) electrons. The summed E-state index contributed by atoms with van der Waals surface area (Å²) in [5.74, 6) is 1.13. The zero-order valence-corrected chi connectivity index (χ0v) is 10.1. The number of benzene rings is 1. The van der Waals surface area contributed by atoms with Gasteiger partial charge in [0.25, 0.3) is 0 Å². The second-order valence-electron chi connectivity index (χ2n) is 4.67. The number of aromatic nitrogens is 2. The van der Waals surface area contributed by atoms with E-state index < -0.39 is 0 Å². The highest BCUT2D eigenvalue weighted by Crippen LogP contribution is 2.24. The van der Waals surface area contributed by atoms with Crippen LogP contribution >= 0.6 is 0 Å². The van der Waals surface area contributed by atoms with Crippen molar-refractivity contribution in [1.29, 1.82) is 0 Å². The van der Waals surface area contributed by atoms with Crippen molar-refractivity contribution in [2.24, 2.45) is 0 Å². The molecule has 2 heterocycles. The summed E-state index contributed by atoms with van der Waals surface area (Å²) in [6.45, 7) is 2.61. The van der Waals surface area contributed by atoms with Gasteiger partial charge in [-0.2, -0.15) is 4.98 Å². The van der Waals surface area contributed by atoms with Crippen LogP contribution in [0.15, 0.2) is 28.8 Å². The highest BCUT2D eigenvalue weighted by atomic mass is 16.5. The normalized spacial score (nSPS) is 23.4. The number of hydrogen-bond donors (Lipinski definition) is 2. The van der Waals surface area contributed by atoms with Crippen molar-refractivity contribution in [1.82, 2.24) is 15.5 Å². The molecule has 0 unspecified atom stereocenters. The number of nitrogens with zero attached hydrogens (tertiary/aromatic N) is 2. The molecule has 2 N–H and O–H groups in total. The Kier molecular flexibility index (Phi) is 2.85. The number of β-amino-alcohol motifs (C(OH)–C–C–N with tert-alkyl or cyclic N) is 1.